The summed E-state index contributed by atoms with van der Waals surface area (Å²) < 4.78 is 0. The van der Waals surface area contributed by atoms with Crippen LogP contribution >= 0.6 is 0 Å². The molecule has 20 heavy (non-hydrogen) atoms. The molecule has 1 aromatic rings. The van der Waals surface area contributed by atoms with Crippen molar-refractivity contribution in [2.24, 2.45) is 23.7 Å². The number of aromatic nitrogens is 1. The molecule has 2 bridgehead atoms. The molecule has 3 aliphatic rings. The monoisotopic (exact) mass is 272 g/mol. The van der Waals surface area contributed by atoms with Gasteiger partial charge < -0.3 is 10.3 Å². The Balaban J connectivity index is 1.48. The van der Waals surface area contributed by atoms with Crippen LogP contribution in [0.4, 0.5) is 0 Å². The van der Waals surface area contributed by atoms with Crippen molar-refractivity contribution in [1.82, 2.24) is 10.3 Å². The summed E-state index contributed by atoms with van der Waals surface area (Å²) in [4.78, 5) is 26.1. The minimum absolute atomic E-state index is 0.0943. The van der Waals surface area contributed by atoms with E-state index in [1.807, 2.05) is 0 Å². The van der Waals surface area contributed by atoms with Gasteiger partial charge in [0.25, 0.3) is 5.91 Å². The quantitative estimate of drug-likeness (QED) is 0.864. The maximum atomic E-state index is 12.3. The molecule has 4 nitrogen and oxygen atoms in total. The molecule has 0 saturated heterocycles. The van der Waals surface area contributed by atoms with E-state index in [-0.39, 0.29) is 11.5 Å². The van der Waals surface area contributed by atoms with Crippen molar-refractivity contribution in [2.75, 3.05) is 0 Å². The van der Waals surface area contributed by atoms with E-state index in [0.717, 1.165) is 24.2 Å². The minimum atomic E-state index is -0.221. The van der Waals surface area contributed by atoms with Crippen molar-refractivity contribution in [3.05, 3.63) is 34.2 Å². The number of carbonyl (C=O) groups is 1. The fraction of sp³-hybridized carbons (Fsp3) is 0.625. The number of nitrogens with one attached hydrogen (secondary N) is 2. The normalized spacial score (nSPS) is 37.9. The Hall–Kier alpha value is -1.58. The molecule has 2 N–H and O–H groups in total. The van der Waals surface area contributed by atoms with Gasteiger partial charge in [-0.2, -0.15) is 0 Å². The Morgan fingerprint density at radius 2 is 2.05 bits per heavy atom. The predicted molar refractivity (Wildman–Crippen MR) is 75.4 cm³/mol. The molecular weight excluding hydrogens is 252 g/mol. The standard InChI is InChI=1S/C16H20N2O2/c19-15-8-9(4-5-17-15)16(20)18-14-7-10-6-13(14)12-3-1-2-11(10)12/h4-5,8,10-14H,1-3,6-7H2,(H,17,19)(H,18,20). The summed E-state index contributed by atoms with van der Waals surface area (Å²) in [6, 6.07) is 3.37. The highest BCUT2D eigenvalue weighted by Crippen LogP contribution is 2.58. The summed E-state index contributed by atoms with van der Waals surface area (Å²) in [6.45, 7) is 0. The van der Waals surface area contributed by atoms with Gasteiger partial charge in [0.05, 0.1) is 0 Å². The highest BCUT2D eigenvalue weighted by Gasteiger charge is 2.53. The summed E-state index contributed by atoms with van der Waals surface area (Å²) in [5, 5.41) is 3.17. The van der Waals surface area contributed by atoms with E-state index in [1.165, 1.54) is 37.9 Å². The zero-order valence-electron chi connectivity index (χ0n) is 11.5. The minimum Gasteiger partial charge on any atom is -0.349 e. The van der Waals surface area contributed by atoms with E-state index in [2.05, 4.69) is 10.3 Å². The van der Waals surface area contributed by atoms with Gasteiger partial charge in [0.15, 0.2) is 0 Å². The molecule has 4 heteroatoms. The fourth-order valence-corrected chi connectivity index (χ4v) is 5.07. The Labute approximate surface area is 118 Å². The van der Waals surface area contributed by atoms with Crippen LogP contribution in [0.1, 0.15) is 42.5 Å². The van der Waals surface area contributed by atoms with Crippen LogP contribution in [0.5, 0.6) is 0 Å². The van der Waals surface area contributed by atoms with Gasteiger partial charge in [-0.3, -0.25) is 9.59 Å². The molecule has 106 valence electrons. The summed E-state index contributed by atoms with van der Waals surface area (Å²) >= 11 is 0. The average molecular weight is 272 g/mol. The van der Waals surface area contributed by atoms with Crippen molar-refractivity contribution in [3.63, 3.8) is 0 Å². The first-order valence-electron chi connectivity index (χ1n) is 7.72. The molecule has 5 unspecified atom stereocenters. The predicted octanol–water partition coefficient (Wildman–Crippen LogP) is 1.93. The van der Waals surface area contributed by atoms with Crippen LogP contribution < -0.4 is 10.9 Å². The third kappa shape index (κ3) is 1.81. The lowest BCUT2D eigenvalue weighted by Crippen LogP contribution is -2.42. The summed E-state index contributed by atoms with van der Waals surface area (Å²) in [7, 11) is 0. The molecule has 1 aromatic heterocycles. The Kier molecular flexibility index (Phi) is 2.72. The largest absolute Gasteiger partial charge is 0.349 e. The number of hydrogen-bond acceptors (Lipinski definition) is 2. The highest BCUT2D eigenvalue weighted by molar-refractivity contribution is 5.94. The number of aromatic amines is 1. The van der Waals surface area contributed by atoms with Gasteiger partial charge in [0.1, 0.15) is 0 Å². The number of amides is 1. The number of rotatable bonds is 2. The van der Waals surface area contributed by atoms with Gasteiger partial charge in [-0.15, -0.1) is 0 Å². The maximum absolute atomic E-state index is 12.3. The van der Waals surface area contributed by atoms with Gasteiger partial charge in [0, 0.05) is 23.9 Å². The number of fused-ring (bicyclic) bond motifs is 5. The Morgan fingerprint density at radius 3 is 2.90 bits per heavy atom. The van der Waals surface area contributed by atoms with E-state index in [4.69, 9.17) is 0 Å². The van der Waals surface area contributed by atoms with Crippen LogP contribution in [-0.2, 0) is 0 Å². The molecule has 4 rings (SSSR count). The third-order valence-electron chi connectivity index (χ3n) is 5.78. The zero-order valence-corrected chi connectivity index (χ0v) is 11.5. The van der Waals surface area contributed by atoms with Crippen LogP contribution in [0, 0.1) is 23.7 Å². The van der Waals surface area contributed by atoms with Crippen molar-refractivity contribution in [2.45, 2.75) is 38.1 Å². The van der Waals surface area contributed by atoms with E-state index >= 15 is 0 Å². The van der Waals surface area contributed by atoms with Crippen molar-refractivity contribution in [1.29, 1.82) is 0 Å². The van der Waals surface area contributed by atoms with Crippen LogP contribution in [-0.4, -0.2) is 16.9 Å². The van der Waals surface area contributed by atoms with Gasteiger partial charge in [-0.05, 0) is 55.4 Å². The molecule has 5 atom stereocenters. The van der Waals surface area contributed by atoms with Gasteiger partial charge >= 0.3 is 0 Å². The molecular formula is C16H20N2O2. The fourth-order valence-electron chi connectivity index (χ4n) is 5.07. The van der Waals surface area contributed by atoms with E-state index in [1.54, 1.807) is 6.07 Å². The molecule has 1 amide bonds. The van der Waals surface area contributed by atoms with E-state index in [9.17, 15) is 9.59 Å². The summed E-state index contributed by atoms with van der Waals surface area (Å²) in [6.07, 6.45) is 8.10. The second kappa shape index (κ2) is 4.47. The third-order valence-corrected chi connectivity index (χ3v) is 5.78. The summed E-state index contributed by atoms with van der Waals surface area (Å²) in [5.74, 6) is 3.20. The molecule has 3 saturated carbocycles. The van der Waals surface area contributed by atoms with Crippen LogP contribution in [0.25, 0.3) is 0 Å². The first kappa shape index (κ1) is 12.2. The molecule has 0 radical (unpaired) electrons. The van der Waals surface area contributed by atoms with Crippen molar-refractivity contribution >= 4 is 5.91 Å². The van der Waals surface area contributed by atoms with Crippen molar-refractivity contribution in [3.8, 4) is 0 Å². The molecule has 0 spiro atoms. The van der Waals surface area contributed by atoms with Crippen LogP contribution in [0.2, 0.25) is 0 Å². The van der Waals surface area contributed by atoms with Crippen molar-refractivity contribution < 1.29 is 4.79 Å². The second-order valence-corrected chi connectivity index (χ2v) is 6.68. The SMILES string of the molecule is O=C(NC1CC2CC1C1CCCC21)c1cc[nH]c(=O)c1. The van der Waals surface area contributed by atoms with Crippen LogP contribution in [0.15, 0.2) is 23.1 Å². The molecule has 0 aliphatic heterocycles. The van der Waals surface area contributed by atoms with Gasteiger partial charge in [-0.25, -0.2) is 0 Å². The maximum Gasteiger partial charge on any atom is 0.251 e. The first-order chi connectivity index (χ1) is 9.72. The number of H-pyrrole nitrogens is 1. The number of carbonyl (C=O) groups excluding carboxylic acids is 1. The van der Waals surface area contributed by atoms with Gasteiger partial charge in [0.2, 0.25) is 5.56 Å². The topological polar surface area (TPSA) is 62.0 Å². The molecule has 3 aliphatic carbocycles. The lowest BCUT2D eigenvalue weighted by Gasteiger charge is -2.32. The average Bonchev–Trinajstić information content (AvgIpc) is 3.10. The number of pyridine rings is 1. The second-order valence-electron chi connectivity index (χ2n) is 6.68. The van der Waals surface area contributed by atoms with Gasteiger partial charge in [-0.1, -0.05) is 6.42 Å². The Morgan fingerprint density at radius 1 is 1.20 bits per heavy atom. The summed E-state index contributed by atoms with van der Waals surface area (Å²) in [5.41, 5.74) is 0.251. The zero-order chi connectivity index (χ0) is 13.7. The first-order valence-corrected chi connectivity index (χ1v) is 7.72. The number of hydrogen-bond donors (Lipinski definition) is 2. The Bertz CT molecular complexity index is 594. The molecule has 0 aromatic carbocycles. The smallest absolute Gasteiger partial charge is 0.251 e. The lowest BCUT2D eigenvalue weighted by molar-refractivity contribution is 0.0901. The van der Waals surface area contributed by atoms with E-state index < -0.39 is 0 Å². The molecule has 1 heterocycles. The lowest BCUT2D eigenvalue weighted by atomic mass is 9.79. The highest BCUT2D eigenvalue weighted by atomic mass is 16.2. The molecule has 3 fully saturated rings. The van der Waals surface area contributed by atoms with E-state index in [0.29, 0.717) is 17.5 Å². The van der Waals surface area contributed by atoms with Crippen LogP contribution in [0.3, 0.4) is 0 Å².